The van der Waals surface area contributed by atoms with Crippen LogP contribution in [-0.4, -0.2) is 40.1 Å². The van der Waals surface area contributed by atoms with E-state index in [1.807, 2.05) is 0 Å². The molecule has 4 atom stereocenters. The number of carbonyl (C=O) groups is 4. The van der Waals surface area contributed by atoms with Gasteiger partial charge in [-0.25, -0.2) is 4.39 Å². The van der Waals surface area contributed by atoms with Gasteiger partial charge in [0.25, 0.3) is 0 Å². The van der Waals surface area contributed by atoms with Crippen LogP contribution in [0.25, 0.3) is 0 Å². The van der Waals surface area contributed by atoms with Crippen LogP contribution in [0.1, 0.15) is 32.8 Å². The second-order valence-corrected chi connectivity index (χ2v) is 8.56. The number of rotatable bonds is 2. The van der Waals surface area contributed by atoms with Gasteiger partial charge in [-0.05, 0) is 39.0 Å². The number of likely N-dealkylation sites (tertiary alicyclic amines) is 1. The Hall–Kier alpha value is -2.81. The number of nitrogens with one attached hydrogen (secondary N) is 2. The molecule has 1 spiro atoms. The van der Waals surface area contributed by atoms with Crippen molar-refractivity contribution in [2.75, 3.05) is 5.32 Å². The van der Waals surface area contributed by atoms with Crippen molar-refractivity contribution in [2.45, 2.75) is 44.3 Å². The van der Waals surface area contributed by atoms with Crippen LogP contribution in [0, 0.1) is 17.7 Å². The van der Waals surface area contributed by atoms with Crippen molar-refractivity contribution in [1.29, 1.82) is 0 Å². The molecule has 0 aliphatic carbocycles. The molecule has 2 fully saturated rings. The van der Waals surface area contributed by atoms with Crippen LogP contribution < -0.4 is 16.4 Å². The fourth-order valence-corrected chi connectivity index (χ4v) is 4.83. The van der Waals surface area contributed by atoms with Gasteiger partial charge in [-0.15, -0.1) is 0 Å². The summed E-state index contributed by atoms with van der Waals surface area (Å²) in [5.41, 5.74) is 3.54. The van der Waals surface area contributed by atoms with E-state index in [-0.39, 0.29) is 12.0 Å². The Balaban J connectivity index is 1.92. The lowest BCUT2D eigenvalue weighted by Crippen LogP contribution is -2.56. The molecule has 0 saturated carbocycles. The van der Waals surface area contributed by atoms with Crippen molar-refractivity contribution in [3.63, 3.8) is 0 Å². The van der Waals surface area contributed by atoms with Gasteiger partial charge in [-0.2, -0.15) is 0 Å². The molecule has 28 heavy (non-hydrogen) atoms. The number of halogens is 1. The fourth-order valence-electron chi connectivity index (χ4n) is 4.83. The second kappa shape index (κ2) is 5.60. The average molecular weight is 388 g/mol. The van der Waals surface area contributed by atoms with Crippen LogP contribution in [0.4, 0.5) is 10.1 Å². The first-order chi connectivity index (χ1) is 13.0. The monoisotopic (exact) mass is 388 g/mol. The zero-order valence-corrected chi connectivity index (χ0v) is 15.7. The molecule has 3 heterocycles. The zero-order chi connectivity index (χ0) is 20.6. The van der Waals surface area contributed by atoms with E-state index in [2.05, 4.69) is 10.6 Å². The summed E-state index contributed by atoms with van der Waals surface area (Å²) in [6.07, 6.45) is -0.224. The van der Waals surface area contributed by atoms with E-state index in [1.54, 1.807) is 20.8 Å². The topological polar surface area (TPSA) is 122 Å². The highest BCUT2D eigenvalue weighted by Gasteiger charge is 2.71. The minimum atomic E-state index is -1.63. The van der Waals surface area contributed by atoms with Crippen LogP contribution in [0.5, 0.6) is 0 Å². The normalized spacial score (nSPS) is 31.4. The van der Waals surface area contributed by atoms with Gasteiger partial charge in [0, 0.05) is 29.3 Å². The van der Waals surface area contributed by atoms with Crippen LogP contribution in [0.15, 0.2) is 18.2 Å². The predicted molar refractivity (Wildman–Crippen MR) is 96.0 cm³/mol. The number of nitrogens with zero attached hydrogens (tertiary/aromatic N) is 1. The molecule has 148 valence electrons. The predicted octanol–water partition coefficient (Wildman–Crippen LogP) is 0.220. The Morgan fingerprint density at radius 1 is 1.25 bits per heavy atom. The van der Waals surface area contributed by atoms with Gasteiger partial charge in [0.1, 0.15) is 11.4 Å². The maximum Gasteiger partial charge on any atom is 0.250 e. The van der Waals surface area contributed by atoms with Crippen molar-refractivity contribution in [2.24, 2.45) is 17.6 Å². The third-order valence-corrected chi connectivity index (χ3v) is 5.77. The summed E-state index contributed by atoms with van der Waals surface area (Å²) in [5, 5.41) is 5.68. The van der Waals surface area contributed by atoms with Crippen molar-refractivity contribution in [1.82, 2.24) is 10.2 Å². The molecule has 3 aliphatic heterocycles. The molecule has 4 amide bonds. The van der Waals surface area contributed by atoms with Crippen LogP contribution in [0.2, 0.25) is 0 Å². The van der Waals surface area contributed by atoms with Gasteiger partial charge in [0.15, 0.2) is 0 Å². The largest absolute Gasteiger partial charge is 0.370 e. The lowest BCUT2D eigenvalue weighted by Gasteiger charge is -2.34. The van der Waals surface area contributed by atoms with Crippen LogP contribution in [0.3, 0.4) is 0 Å². The Morgan fingerprint density at radius 2 is 1.93 bits per heavy atom. The van der Waals surface area contributed by atoms with E-state index in [1.165, 1.54) is 18.2 Å². The van der Waals surface area contributed by atoms with Gasteiger partial charge in [-0.3, -0.25) is 29.4 Å². The van der Waals surface area contributed by atoms with E-state index >= 15 is 0 Å². The molecule has 0 unspecified atom stereocenters. The SMILES string of the molecule is CC(C)(C)N1C(=O)[C@@H]2[C@H](CC(N)=O)N[C@]3(C(=O)Nc4ccc(F)cc43)[C@@H]2C1=O. The van der Waals surface area contributed by atoms with Crippen LogP contribution >= 0.6 is 0 Å². The van der Waals surface area contributed by atoms with Crippen LogP contribution in [-0.2, 0) is 24.7 Å². The van der Waals surface area contributed by atoms with Crippen molar-refractivity contribution >= 4 is 29.3 Å². The summed E-state index contributed by atoms with van der Waals surface area (Å²) in [6.45, 7) is 5.15. The summed E-state index contributed by atoms with van der Waals surface area (Å²) in [5.74, 6) is -4.81. The molecular formula is C19H21FN4O4. The van der Waals surface area contributed by atoms with Crippen molar-refractivity contribution in [3.05, 3.63) is 29.6 Å². The third kappa shape index (κ3) is 2.25. The molecule has 9 heteroatoms. The zero-order valence-electron chi connectivity index (χ0n) is 15.7. The minimum Gasteiger partial charge on any atom is -0.370 e. The average Bonchev–Trinajstić information content (AvgIpc) is 3.12. The number of anilines is 1. The number of imide groups is 1. The highest BCUT2D eigenvalue weighted by Crippen LogP contribution is 2.54. The van der Waals surface area contributed by atoms with Crippen molar-refractivity contribution < 1.29 is 23.6 Å². The van der Waals surface area contributed by atoms with Gasteiger partial charge in [-0.1, -0.05) is 0 Å². The summed E-state index contributed by atoms with van der Waals surface area (Å²) in [4.78, 5) is 52.3. The number of fused-ring (bicyclic) bond motifs is 4. The molecule has 4 N–H and O–H groups in total. The number of carbonyl (C=O) groups excluding carboxylic acids is 4. The molecule has 0 bridgehead atoms. The first-order valence-electron chi connectivity index (χ1n) is 9.04. The van der Waals surface area contributed by atoms with E-state index in [9.17, 15) is 23.6 Å². The minimum absolute atomic E-state index is 0.224. The smallest absolute Gasteiger partial charge is 0.250 e. The van der Waals surface area contributed by atoms with Gasteiger partial charge >= 0.3 is 0 Å². The number of amides is 4. The highest BCUT2D eigenvalue weighted by atomic mass is 19.1. The van der Waals surface area contributed by atoms with E-state index < -0.39 is 58.4 Å². The molecule has 0 radical (unpaired) electrons. The number of nitrogens with two attached hydrogens (primary N) is 1. The Bertz CT molecular complexity index is 940. The summed E-state index contributed by atoms with van der Waals surface area (Å²) >= 11 is 0. The van der Waals surface area contributed by atoms with Crippen molar-refractivity contribution in [3.8, 4) is 0 Å². The van der Waals surface area contributed by atoms with E-state index in [4.69, 9.17) is 5.73 Å². The number of primary amides is 1. The second-order valence-electron chi connectivity index (χ2n) is 8.56. The maximum absolute atomic E-state index is 14.0. The number of hydrogen-bond acceptors (Lipinski definition) is 5. The molecule has 2 saturated heterocycles. The quantitative estimate of drug-likeness (QED) is 0.626. The first kappa shape index (κ1) is 18.5. The molecule has 0 aromatic heterocycles. The summed E-state index contributed by atoms with van der Waals surface area (Å²) in [6, 6.07) is 2.99. The first-order valence-corrected chi connectivity index (χ1v) is 9.04. The van der Waals surface area contributed by atoms with E-state index in [0.29, 0.717) is 5.69 Å². The van der Waals surface area contributed by atoms with Gasteiger partial charge < -0.3 is 11.1 Å². The standard InChI is InChI=1S/C19H21FN4O4/c1-18(2,3)24-15(26)13-11(7-12(21)25)23-19(14(13)16(24)27)9-6-8(20)4-5-10(9)22-17(19)28/h4-6,11,13-14,23H,7H2,1-3H3,(H2,21,25)(H,22,28)/t11-,13+,14-,19-/m0/s1. The summed E-state index contributed by atoms with van der Waals surface area (Å²) in [7, 11) is 0. The highest BCUT2D eigenvalue weighted by molar-refractivity contribution is 6.15. The molecular weight excluding hydrogens is 367 g/mol. The Labute approximate surface area is 160 Å². The third-order valence-electron chi connectivity index (χ3n) is 5.77. The van der Waals surface area contributed by atoms with Gasteiger partial charge in [0.05, 0.1) is 11.8 Å². The molecule has 1 aromatic carbocycles. The lowest BCUT2D eigenvalue weighted by atomic mass is 9.76. The molecule has 4 rings (SSSR count). The molecule has 8 nitrogen and oxygen atoms in total. The molecule has 1 aromatic rings. The maximum atomic E-state index is 14.0. The Kier molecular flexibility index (Phi) is 3.71. The lowest BCUT2D eigenvalue weighted by molar-refractivity contribution is -0.147. The fraction of sp³-hybridized carbons (Fsp3) is 0.474. The summed E-state index contributed by atoms with van der Waals surface area (Å²) < 4.78 is 14.0. The van der Waals surface area contributed by atoms with E-state index in [0.717, 1.165) is 4.90 Å². The number of hydrogen-bond donors (Lipinski definition) is 3. The Morgan fingerprint density at radius 3 is 2.54 bits per heavy atom. The number of benzene rings is 1. The molecule has 3 aliphatic rings. The van der Waals surface area contributed by atoms with Gasteiger partial charge in [0.2, 0.25) is 23.6 Å².